The molecule has 134 valence electrons. The molecule has 0 radical (unpaired) electrons. The van der Waals surface area contributed by atoms with Gasteiger partial charge in [0.25, 0.3) is 0 Å². The van der Waals surface area contributed by atoms with Crippen LogP contribution in [0.3, 0.4) is 0 Å². The summed E-state index contributed by atoms with van der Waals surface area (Å²) in [5, 5.41) is 0. The second-order valence-corrected chi connectivity index (χ2v) is 47.1. The zero-order valence-corrected chi connectivity index (χ0v) is 22.9. The van der Waals surface area contributed by atoms with Gasteiger partial charge in [-0.1, -0.05) is 0 Å². The van der Waals surface area contributed by atoms with Gasteiger partial charge in [-0.2, -0.15) is 0 Å². The van der Waals surface area contributed by atoms with Crippen molar-refractivity contribution in [2.45, 2.75) is 61.1 Å². The third-order valence-corrected chi connectivity index (χ3v) is 35.3. The number of rotatable bonds is 4. The van der Waals surface area contributed by atoms with Crippen molar-refractivity contribution >= 4 is 42.2 Å². The van der Waals surface area contributed by atoms with E-state index in [2.05, 4.69) is 108 Å². The summed E-state index contributed by atoms with van der Waals surface area (Å²) < 4.78 is 0.967. The molecule has 3 heteroatoms. The number of hydrogen-bond donors (Lipinski definition) is 0. The predicted octanol–water partition coefficient (Wildman–Crippen LogP) is 8.64. The van der Waals surface area contributed by atoms with Gasteiger partial charge in [0.1, 0.15) is 0 Å². The van der Waals surface area contributed by atoms with E-state index in [4.69, 9.17) is 0 Å². The van der Waals surface area contributed by atoms with Crippen molar-refractivity contribution in [1.82, 2.24) is 0 Å². The van der Waals surface area contributed by atoms with Crippen LogP contribution in [0.1, 0.15) is 69.1 Å². The Morgan fingerprint density at radius 2 is 1.68 bits per heavy atom. The molecule has 0 amide bonds. The number of halogens is 2. The van der Waals surface area contributed by atoms with Crippen molar-refractivity contribution in [2.24, 2.45) is 0 Å². The van der Waals surface area contributed by atoms with Gasteiger partial charge in [0, 0.05) is 0 Å². The Hall–Kier alpha value is 0.783. The zero-order chi connectivity index (χ0) is 18.6. The van der Waals surface area contributed by atoms with Crippen molar-refractivity contribution in [3.05, 3.63) is 63.3 Å². The molecule has 0 aliphatic heterocycles. The fourth-order valence-corrected chi connectivity index (χ4v) is 31.4. The van der Waals surface area contributed by atoms with Crippen LogP contribution in [0, 0.1) is 0 Å². The summed E-state index contributed by atoms with van der Waals surface area (Å²) in [4.78, 5) is 0. The molecule has 0 nitrogen and oxygen atoms in total. The molecular weight excluding hydrogens is 609 g/mol. The van der Waals surface area contributed by atoms with Crippen LogP contribution in [0.5, 0.6) is 0 Å². The van der Waals surface area contributed by atoms with Crippen LogP contribution in [0.2, 0.25) is 3.12 Å². The van der Waals surface area contributed by atoms with Gasteiger partial charge in [-0.25, -0.2) is 0 Å². The van der Waals surface area contributed by atoms with Gasteiger partial charge in [0.2, 0.25) is 0 Å². The number of fused-ring (bicyclic) bond motifs is 1. The first-order valence-corrected chi connectivity index (χ1v) is 26.5. The van der Waals surface area contributed by atoms with Crippen molar-refractivity contribution in [3.63, 3.8) is 0 Å². The first-order chi connectivity index (χ1) is 11.7. The van der Waals surface area contributed by atoms with Crippen LogP contribution in [0.25, 0.3) is 6.08 Å². The topological polar surface area (TPSA) is 0 Å². The van der Waals surface area contributed by atoms with E-state index in [0.717, 1.165) is 0 Å². The number of hydrogen-bond acceptors (Lipinski definition) is 0. The van der Waals surface area contributed by atoms with Crippen molar-refractivity contribution in [3.8, 4) is 0 Å². The zero-order valence-electron chi connectivity index (χ0n) is 16.1. The van der Waals surface area contributed by atoms with Gasteiger partial charge in [0.05, 0.1) is 0 Å². The summed E-state index contributed by atoms with van der Waals surface area (Å²) in [6.45, 7) is 14.4. The van der Waals surface area contributed by atoms with E-state index in [1.165, 1.54) is 18.4 Å². The quantitative estimate of drug-likeness (QED) is 0.290. The van der Waals surface area contributed by atoms with Gasteiger partial charge in [-0.05, 0) is 0 Å². The molecule has 0 spiro atoms. The minimum atomic E-state index is -2.71. The monoisotopic (exact) mass is 636 g/mol. The SMILES string of the molecule is CCCC1=C(C)C(C)=C(C)[C]1(C)[Zr]([I])([I])[CH]1C(C)=Cc2ccccc21. The Labute approximate surface area is 176 Å². The van der Waals surface area contributed by atoms with Gasteiger partial charge in [0.15, 0.2) is 0 Å². The minimum absolute atomic E-state index is 0.303. The summed E-state index contributed by atoms with van der Waals surface area (Å²) in [7, 11) is 0. The molecule has 25 heavy (non-hydrogen) atoms. The first kappa shape index (κ1) is 20.5. The molecular formula is C22H28I2Zr. The summed E-state index contributed by atoms with van der Waals surface area (Å²) in [6, 6.07) is 9.09. The molecule has 0 bridgehead atoms. The van der Waals surface area contributed by atoms with E-state index in [-0.39, 0.29) is 0 Å². The van der Waals surface area contributed by atoms with E-state index >= 15 is 0 Å². The van der Waals surface area contributed by atoms with Gasteiger partial charge >= 0.3 is 178 Å². The van der Waals surface area contributed by atoms with Gasteiger partial charge in [-0.3, -0.25) is 0 Å². The number of benzene rings is 1. The molecule has 1 aromatic rings. The van der Waals surface area contributed by atoms with Gasteiger partial charge < -0.3 is 0 Å². The van der Waals surface area contributed by atoms with Crippen LogP contribution < -0.4 is 0 Å². The Bertz CT molecular complexity index is 813. The van der Waals surface area contributed by atoms with Crippen molar-refractivity contribution in [2.75, 3.05) is 0 Å². The molecule has 2 aliphatic carbocycles. The molecule has 1 aromatic carbocycles. The summed E-state index contributed by atoms with van der Waals surface area (Å²) >= 11 is 3.26. The molecule has 0 N–H and O–H groups in total. The molecule has 0 heterocycles. The Morgan fingerprint density at radius 1 is 1.04 bits per heavy atom. The second-order valence-electron chi connectivity index (χ2n) is 7.80. The van der Waals surface area contributed by atoms with E-state index < -0.39 is 11.9 Å². The summed E-state index contributed by atoms with van der Waals surface area (Å²) in [6.07, 6.45) is 4.94. The van der Waals surface area contributed by atoms with E-state index in [1.807, 2.05) is 0 Å². The second kappa shape index (κ2) is 7.31. The molecule has 0 saturated carbocycles. The molecule has 2 atom stereocenters. The third-order valence-electron chi connectivity index (χ3n) is 6.61. The first-order valence-electron chi connectivity index (χ1n) is 9.21. The maximum atomic E-state index is 2.99. The summed E-state index contributed by atoms with van der Waals surface area (Å²) in [5.41, 5.74) is 11.2. The predicted molar refractivity (Wildman–Crippen MR) is 125 cm³/mol. The van der Waals surface area contributed by atoms with E-state index in [1.54, 1.807) is 33.4 Å². The Balaban J connectivity index is 2.19. The number of allylic oxidation sites excluding steroid dienone is 5. The Kier molecular flexibility index (Phi) is 6.00. The van der Waals surface area contributed by atoms with Crippen LogP contribution in [-0.4, -0.2) is 0 Å². The molecule has 2 unspecified atom stereocenters. The van der Waals surface area contributed by atoms with E-state index in [0.29, 0.717) is 6.75 Å². The molecule has 0 aromatic heterocycles. The van der Waals surface area contributed by atoms with Crippen molar-refractivity contribution < 1.29 is 11.9 Å². The fraction of sp³-hybridized carbons (Fsp3) is 0.455. The van der Waals surface area contributed by atoms with Crippen LogP contribution >= 0.6 is 36.1 Å². The average molecular weight is 637 g/mol. The molecule has 0 fully saturated rings. The normalized spacial score (nSPS) is 26.4. The molecule has 0 saturated heterocycles. The van der Waals surface area contributed by atoms with Crippen LogP contribution in [-0.2, 0) is 11.9 Å². The average Bonchev–Trinajstić information content (AvgIpc) is 2.99. The maximum absolute atomic E-state index is 2.99. The van der Waals surface area contributed by atoms with Gasteiger partial charge in [-0.15, -0.1) is 0 Å². The van der Waals surface area contributed by atoms with Crippen LogP contribution in [0.15, 0.2) is 52.1 Å². The third kappa shape index (κ3) is 2.97. The summed E-state index contributed by atoms with van der Waals surface area (Å²) in [5.74, 6) is 0. The molecule has 3 rings (SSSR count). The standard InChI is InChI=1S/C12H19.C10H9.2HI.Zr/c1-6-7-12-10(4)8(2)9(3)11(12)5;1-8-6-9-4-2-3-5-10(9)7-8;;;/h6-7H2,1-5H3;2-7H,1H3;2*1H;/q;;;;+2/p-2. The molecule has 2 aliphatic rings. The van der Waals surface area contributed by atoms with Crippen LogP contribution in [0.4, 0.5) is 0 Å². The fourth-order valence-electron chi connectivity index (χ4n) is 4.87. The Morgan fingerprint density at radius 3 is 2.32 bits per heavy atom. The van der Waals surface area contributed by atoms with Crippen molar-refractivity contribution in [1.29, 1.82) is 0 Å². The van der Waals surface area contributed by atoms with E-state index in [9.17, 15) is 0 Å².